The fraction of sp³-hybridized carbons (Fsp3) is 0.769. The minimum atomic E-state index is 0.231. The standard InChI is InChI=1S/C13H25N3S/c1-5-6-13(3,9-14)10-16(4)7-12-8-17-11(2)15-12/h8H,5-7,9-10,14H2,1-4H3. The average Bonchev–Trinajstić information content (AvgIpc) is 2.64. The first-order valence-corrected chi connectivity index (χ1v) is 7.16. The van der Waals surface area contributed by atoms with Crippen LogP contribution < -0.4 is 5.73 Å². The molecule has 4 heteroatoms. The molecule has 17 heavy (non-hydrogen) atoms. The Morgan fingerprint density at radius 2 is 2.24 bits per heavy atom. The van der Waals surface area contributed by atoms with E-state index in [9.17, 15) is 0 Å². The van der Waals surface area contributed by atoms with Crippen molar-refractivity contribution in [2.24, 2.45) is 11.1 Å². The van der Waals surface area contributed by atoms with Gasteiger partial charge in [0.05, 0.1) is 10.7 Å². The maximum Gasteiger partial charge on any atom is 0.0897 e. The lowest BCUT2D eigenvalue weighted by Crippen LogP contribution is -2.38. The minimum Gasteiger partial charge on any atom is -0.330 e. The fourth-order valence-electron chi connectivity index (χ4n) is 2.31. The highest BCUT2D eigenvalue weighted by Crippen LogP contribution is 2.23. The van der Waals surface area contributed by atoms with Crippen molar-refractivity contribution in [3.63, 3.8) is 0 Å². The first-order chi connectivity index (χ1) is 7.99. The van der Waals surface area contributed by atoms with Crippen molar-refractivity contribution in [3.05, 3.63) is 16.1 Å². The second kappa shape index (κ2) is 6.47. The summed E-state index contributed by atoms with van der Waals surface area (Å²) in [6.07, 6.45) is 2.38. The number of aryl methyl sites for hydroxylation is 1. The van der Waals surface area contributed by atoms with Gasteiger partial charge >= 0.3 is 0 Å². The number of hydrogen-bond donors (Lipinski definition) is 1. The van der Waals surface area contributed by atoms with Gasteiger partial charge in [-0.15, -0.1) is 11.3 Å². The Hall–Kier alpha value is -0.450. The summed E-state index contributed by atoms with van der Waals surface area (Å²) in [6.45, 7) is 9.26. The van der Waals surface area contributed by atoms with Crippen LogP contribution in [0, 0.1) is 12.3 Å². The van der Waals surface area contributed by atoms with Crippen LogP contribution in [-0.2, 0) is 6.54 Å². The molecule has 1 aromatic rings. The van der Waals surface area contributed by atoms with E-state index in [1.807, 2.05) is 0 Å². The zero-order chi connectivity index (χ0) is 12.9. The third-order valence-electron chi connectivity index (χ3n) is 3.10. The minimum absolute atomic E-state index is 0.231. The zero-order valence-corrected chi connectivity index (χ0v) is 12.3. The topological polar surface area (TPSA) is 42.1 Å². The zero-order valence-electron chi connectivity index (χ0n) is 11.5. The highest BCUT2D eigenvalue weighted by atomic mass is 32.1. The SMILES string of the molecule is CCCC(C)(CN)CN(C)Cc1csc(C)n1. The summed E-state index contributed by atoms with van der Waals surface area (Å²) < 4.78 is 0. The highest BCUT2D eigenvalue weighted by Gasteiger charge is 2.23. The number of thiazole rings is 1. The summed E-state index contributed by atoms with van der Waals surface area (Å²) in [7, 11) is 2.15. The van der Waals surface area contributed by atoms with Gasteiger partial charge < -0.3 is 5.73 Å². The van der Waals surface area contributed by atoms with Crippen LogP contribution in [0.1, 0.15) is 37.4 Å². The molecule has 0 aliphatic heterocycles. The van der Waals surface area contributed by atoms with E-state index < -0.39 is 0 Å². The van der Waals surface area contributed by atoms with Gasteiger partial charge in [-0.05, 0) is 32.4 Å². The van der Waals surface area contributed by atoms with Crippen LogP contribution in [0.2, 0.25) is 0 Å². The summed E-state index contributed by atoms with van der Waals surface area (Å²) in [6, 6.07) is 0. The van der Waals surface area contributed by atoms with Crippen LogP contribution in [0.5, 0.6) is 0 Å². The maximum atomic E-state index is 5.90. The van der Waals surface area contributed by atoms with Crippen LogP contribution in [-0.4, -0.2) is 30.0 Å². The lowest BCUT2D eigenvalue weighted by atomic mass is 9.85. The Bertz CT molecular complexity index is 337. The van der Waals surface area contributed by atoms with Crippen LogP contribution in [0.25, 0.3) is 0 Å². The Morgan fingerprint density at radius 3 is 2.71 bits per heavy atom. The van der Waals surface area contributed by atoms with Crippen molar-refractivity contribution in [1.29, 1.82) is 0 Å². The average molecular weight is 255 g/mol. The first kappa shape index (κ1) is 14.6. The molecule has 98 valence electrons. The molecule has 2 N–H and O–H groups in total. The van der Waals surface area contributed by atoms with E-state index in [1.165, 1.54) is 18.5 Å². The fourth-order valence-corrected chi connectivity index (χ4v) is 2.92. The van der Waals surface area contributed by atoms with Crippen molar-refractivity contribution in [2.45, 2.75) is 40.2 Å². The van der Waals surface area contributed by atoms with E-state index in [1.54, 1.807) is 11.3 Å². The second-order valence-electron chi connectivity index (χ2n) is 5.29. The molecule has 0 amide bonds. The van der Waals surface area contributed by atoms with Gasteiger partial charge in [0.2, 0.25) is 0 Å². The van der Waals surface area contributed by atoms with Crippen LogP contribution >= 0.6 is 11.3 Å². The number of hydrogen-bond acceptors (Lipinski definition) is 4. The molecule has 0 spiro atoms. The molecular weight excluding hydrogens is 230 g/mol. The Morgan fingerprint density at radius 1 is 1.53 bits per heavy atom. The first-order valence-electron chi connectivity index (χ1n) is 6.28. The normalized spacial score (nSPS) is 15.2. The van der Waals surface area contributed by atoms with Crippen molar-refractivity contribution >= 4 is 11.3 Å². The number of nitrogens with zero attached hydrogens (tertiary/aromatic N) is 2. The van der Waals surface area contributed by atoms with Crippen molar-refractivity contribution in [3.8, 4) is 0 Å². The molecule has 0 aromatic carbocycles. The summed E-state index contributed by atoms with van der Waals surface area (Å²) in [5.74, 6) is 0. The highest BCUT2D eigenvalue weighted by molar-refractivity contribution is 7.09. The molecule has 0 aliphatic rings. The third-order valence-corrected chi connectivity index (χ3v) is 3.92. The number of aromatic nitrogens is 1. The van der Waals surface area contributed by atoms with Gasteiger partial charge in [-0.3, -0.25) is 4.90 Å². The van der Waals surface area contributed by atoms with Gasteiger partial charge in [0.15, 0.2) is 0 Å². The molecule has 1 aromatic heterocycles. The van der Waals surface area contributed by atoms with Gasteiger partial charge in [-0.25, -0.2) is 4.98 Å². The van der Waals surface area contributed by atoms with E-state index in [-0.39, 0.29) is 5.41 Å². The molecule has 1 atom stereocenters. The molecule has 0 saturated carbocycles. The van der Waals surface area contributed by atoms with Crippen molar-refractivity contribution in [1.82, 2.24) is 9.88 Å². The van der Waals surface area contributed by atoms with Crippen LogP contribution in [0.3, 0.4) is 0 Å². The van der Waals surface area contributed by atoms with E-state index in [2.05, 4.69) is 43.1 Å². The van der Waals surface area contributed by atoms with Gasteiger partial charge in [-0.1, -0.05) is 20.3 Å². The lowest BCUT2D eigenvalue weighted by Gasteiger charge is -2.32. The van der Waals surface area contributed by atoms with Gasteiger partial charge in [0.25, 0.3) is 0 Å². The van der Waals surface area contributed by atoms with Crippen molar-refractivity contribution < 1.29 is 0 Å². The molecular formula is C13H25N3S. The Balaban J connectivity index is 2.50. The third kappa shape index (κ3) is 4.74. The largest absolute Gasteiger partial charge is 0.330 e. The van der Waals surface area contributed by atoms with E-state index in [0.717, 1.165) is 24.6 Å². The molecule has 0 bridgehead atoms. The smallest absolute Gasteiger partial charge is 0.0897 e. The summed E-state index contributed by atoms with van der Waals surface area (Å²) in [4.78, 5) is 6.83. The molecule has 1 heterocycles. The number of nitrogens with two attached hydrogens (primary N) is 1. The Kier molecular flexibility index (Phi) is 5.56. The molecule has 0 saturated heterocycles. The quantitative estimate of drug-likeness (QED) is 0.814. The van der Waals surface area contributed by atoms with Crippen LogP contribution in [0.15, 0.2) is 5.38 Å². The maximum absolute atomic E-state index is 5.90. The van der Waals surface area contributed by atoms with Crippen molar-refractivity contribution in [2.75, 3.05) is 20.1 Å². The summed E-state index contributed by atoms with van der Waals surface area (Å²) in [5.41, 5.74) is 7.30. The van der Waals surface area contributed by atoms with Gasteiger partial charge in [0, 0.05) is 18.5 Å². The predicted octanol–water partition coefficient (Wildman–Crippen LogP) is 2.65. The van der Waals surface area contributed by atoms with Crippen LogP contribution in [0.4, 0.5) is 0 Å². The monoisotopic (exact) mass is 255 g/mol. The predicted molar refractivity (Wildman–Crippen MR) is 75.3 cm³/mol. The molecule has 3 nitrogen and oxygen atoms in total. The molecule has 0 aliphatic carbocycles. The second-order valence-corrected chi connectivity index (χ2v) is 6.36. The van der Waals surface area contributed by atoms with Gasteiger partial charge in [0.1, 0.15) is 0 Å². The molecule has 0 fully saturated rings. The van der Waals surface area contributed by atoms with E-state index in [4.69, 9.17) is 5.73 Å². The molecule has 1 unspecified atom stereocenters. The molecule has 0 radical (unpaired) electrons. The lowest BCUT2D eigenvalue weighted by molar-refractivity contribution is 0.178. The number of rotatable bonds is 7. The van der Waals surface area contributed by atoms with E-state index >= 15 is 0 Å². The summed E-state index contributed by atoms with van der Waals surface area (Å²) in [5, 5.41) is 3.29. The summed E-state index contributed by atoms with van der Waals surface area (Å²) >= 11 is 1.72. The molecule has 1 rings (SSSR count). The van der Waals surface area contributed by atoms with Gasteiger partial charge in [-0.2, -0.15) is 0 Å². The van der Waals surface area contributed by atoms with E-state index in [0.29, 0.717) is 0 Å². The Labute approximate surface area is 109 Å².